The summed E-state index contributed by atoms with van der Waals surface area (Å²) in [6, 6.07) is 14.8. The van der Waals surface area contributed by atoms with Gasteiger partial charge in [0.2, 0.25) is 5.95 Å². The summed E-state index contributed by atoms with van der Waals surface area (Å²) in [4.78, 5) is 21.3. The van der Waals surface area contributed by atoms with Crippen molar-refractivity contribution in [1.29, 1.82) is 0 Å². The molecular weight excluding hydrogens is 477 g/mol. The number of nitrogens with one attached hydrogen (secondary N) is 3. The maximum atomic E-state index is 12.6. The molecule has 0 bridgehead atoms. The van der Waals surface area contributed by atoms with Crippen molar-refractivity contribution in [2.75, 3.05) is 17.2 Å². The molecule has 0 radical (unpaired) electrons. The number of carbonyl (C=O) groups is 1. The first-order chi connectivity index (χ1) is 16.4. The van der Waals surface area contributed by atoms with Gasteiger partial charge in [0.15, 0.2) is 5.82 Å². The molecule has 4 N–H and O–H groups in total. The standard InChI is InChI=1S/C23H21Cl2N7O2/c1-14-19(29-23(34)30-20(13-33)15-5-4-6-16(24)11-15)12-27-32(14)21-9-10-26-22(31-21)28-18-8-3-2-7-17(18)25/h2-12,20,33H,13H2,1H3,(H,26,28,31)(H2,29,30,34). The van der Waals surface area contributed by atoms with Crippen LogP contribution in [0, 0.1) is 6.92 Å². The van der Waals surface area contributed by atoms with Gasteiger partial charge in [-0.3, -0.25) is 0 Å². The van der Waals surface area contributed by atoms with Gasteiger partial charge in [0.25, 0.3) is 0 Å². The van der Waals surface area contributed by atoms with Gasteiger partial charge >= 0.3 is 6.03 Å². The summed E-state index contributed by atoms with van der Waals surface area (Å²) in [5.41, 5.74) is 2.51. The van der Waals surface area contributed by atoms with E-state index < -0.39 is 12.1 Å². The number of halogens is 2. The van der Waals surface area contributed by atoms with E-state index in [0.717, 1.165) is 0 Å². The fourth-order valence-corrected chi connectivity index (χ4v) is 3.63. The molecular formula is C23H21Cl2N7O2. The molecule has 0 aliphatic heterocycles. The number of para-hydroxylation sites is 1. The third-order valence-corrected chi connectivity index (χ3v) is 5.54. The van der Waals surface area contributed by atoms with Gasteiger partial charge in [-0.25, -0.2) is 14.5 Å². The van der Waals surface area contributed by atoms with Crippen molar-refractivity contribution in [2.24, 2.45) is 0 Å². The van der Waals surface area contributed by atoms with Crippen LogP contribution < -0.4 is 16.0 Å². The van der Waals surface area contributed by atoms with E-state index in [1.807, 2.05) is 18.2 Å². The lowest BCUT2D eigenvalue weighted by atomic mass is 10.1. The minimum absolute atomic E-state index is 0.284. The van der Waals surface area contributed by atoms with Crippen LogP contribution in [0.2, 0.25) is 10.0 Å². The number of aliphatic hydroxyl groups excluding tert-OH is 1. The number of carbonyl (C=O) groups excluding carboxylic acids is 1. The van der Waals surface area contributed by atoms with Crippen LogP contribution in [-0.4, -0.2) is 37.5 Å². The van der Waals surface area contributed by atoms with E-state index in [-0.39, 0.29) is 6.61 Å². The highest BCUT2D eigenvalue weighted by molar-refractivity contribution is 6.33. The molecule has 2 aromatic carbocycles. The molecule has 0 aliphatic carbocycles. The van der Waals surface area contributed by atoms with Gasteiger partial charge < -0.3 is 21.1 Å². The predicted molar refractivity (Wildman–Crippen MR) is 132 cm³/mol. The first-order valence-electron chi connectivity index (χ1n) is 10.3. The molecule has 0 saturated carbocycles. The van der Waals surface area contributed by atoms with Crippen molar-refractivity contribution in [2.45, 2.75) is 13.0 Å². The van der Waals surface area contributed by atoms with Crippen molar-refractivity contribution in [3.8, 4) is 5.82 Å². The van der Waals surface area contributed by atoms with Crippen LogP contribution >= 0.6 is 23.2 Å². The van der Waals surface area contributed by atoms with E-state index in [1.165, 1.54) is 6.20 Å². The molecule has 174 valence electrons. The number of nitrogens with zero attached hydrogens (tertiary/aromatic N) is 4. The smallest absolute Gasteiger partial charge is 0.319 e. The molecule has 2 amide bonds. The highest BCUT2D eigenvalue weighted by Crippen LogP contribution is 2.24. The summed E-state index contributed by atoms with van der Waals surface area (Å²) in [6.45, 7) is 1.51. The average molecular weight is 498 g/mol. The van der Waals surface area contributed by atoms with Gasteiger partial charge in [-0.2, -0.15) is 10.1 Å². The summed E-state index contributed by atoms with van der Waals surface area (Å²) in [5, 5.41) is 23.7. The zero-order valence-electron chi connectivity index (χ0n) is 18.0. The van der Waals surface area contributed by atoms with Gasteiger partial charge in [-0.05, 0) is 36.8 Å². The molecule has 9 nitrogen and oxygen atoms in total. The van der Waals surface area contributed by atoms with Gasteiger partial charge in [0.05, 0.1) is 40.9 Å². The molecule has 11 heteroatoms. The lowest BCUT2D eigenvalue weighted by Crippen LogP contribution is -2.34. The molecule has 0 spiro atoms. The van der Waals surface area contributed by atoms with Crippen LogP contribution in [0.4, 0.5) is 22.1 Å². The first-order valence-corrected chi connectivity index (χ1v) is 11.0. The number of anilines is 3. The van der Waals surface area contributed by atoms with Crippen LogP contribution in [-0.2, 0) is 0 Å². The molecule has 2 aromatic heterocycles. The minimum Gasteiger partial charge on any atom is -0.394 e. The van der Waals surface area contributed by atoms with E-state index in [9.17, 15) is 9.90 Å². The normalized spacial score (nSPS) is 11.6. The molecule has 2 heterocycles. The monoisotopic (exact) mass is 497 g/mol. The van der Waals surface area contributed by atoms with Crippen molar-refractivity contribution in [3.63, 3.8) is 0 Å². The summed E-state index contributed by atoms with van der Waals surface area (Å²) < 4.78 is 1.58. The number of aliphatic hydroxyl groups is 1. The molecule has 34 heavy (non-hydrogen) atoms. The van der Waals surface area contributed by atoms with Crippen LogP contribution in [0.5, 0.6) is 0 Å². The third kappa shape index (κ3) is 5.45. The first kappa shape index (κ1) is 23.5. The van der Waals surface area contributed by atoms with Gasteiger partial charge in [0.1, 0.15) is 0 Å². The van der Waals surface area contributed by atoms with Crippen molar-refractivity contribution in [1.82, 2.24) is 25.1 Å². The Kier molecular flexibility index (Phi) is 7.27. The lowest BCUT2D eigenvalue weighted by Gasteiger charge is -2.17. The fraction of sp³-hybridized carbons (Fsp3) is 0.130. The number of hydrogen-bond acceptors (Lipinski definition) is 6. The van der Waals surface area contributed by atoms with E-state index in [0.29, 0.717) is 44.4 Å². The molecule has 1 unspecified atom stereocenters. The van der Waals surface area contributed by atoms with E-state index in [1.54, 1.807) is 54.2 Å². The Hall–Kier alpha value is -3.66. The minimum atomic E-state index is -0.616. The quantitative estimate of drug-likeness (QED) is 0.289. The third-order valence-electron chi connectivity index (χ3n) is 4.98. The van der Waals surface area contributed by atoms with Crippen LogP contribution in [0.15, 0.2) is 67.0 Å². The second-order valence-corrected chi connectivity index (χ2v) is 8.13. The van der Waals surface area contributed by atoms with Crippen molar-refractivity contribution in [3.05, 3.63) is 88.3 Å². The number of benzene rings is 2. The zero-order chi connectivity index (χ0) is 24.1. The average Bonchev–Trinajstić information content (AvgIpc) is 3.19. The maximum Gasteiger partial charge on any atom is 0.319 e. The lowest BCUT2D eigenvalue weighted by molar-refractivity contribution is 0.225. The van der Waals surface area contributed by atoms with Gasteiger partial charge in [0, 0.05) is 17.3 Å². The van der Waals surface area contributed by atoms with Gasteiger partial charge in [-0.15, -0.1) is 0 Å². The number of aromatic nitrogens is 4. The second-order valence-electron chi connectivity index (χ2n) is 7.29. The molecule has 4 aromatic rings. The van der Waals surface area contributed by atoms with Crippen LogP contribution in [0.3, 0.4) is 0 Å². The summed E-state index contributed by atoms with van der Waals surface area (Å²) in [7, 11) is 0. The van der Waals surface area contributed by atoms with E-state index in [2.05, 4.69) is 31.0 Å². The van der Waals surface area contributed by atoms with Crippen molar-refractivity contribution < 1.29 is 9.90 Å². The Morgan fingerprint density at radius 1 is 1.12 bits per heavy atom. The molecule has 0 fully saturated rings. The number of urea groups is 1. The van der Waals surface area contributed by atoms with E-state index >= 15 is 0 Å². The molecule has 4 rings (SSSR count). The van der Waals surface area contributed by atoms with E-state index in [4.69, 9.17) is 23.2 Å². The van der Waals surface area contributed by atoms with Crippen molar-refractivity contribution >= 4 is 46.6 Å². The topological polar surface area (TPSA) is 117 Å². The Labute approximate surface area is 205 Å². The maximum absolute atomic E-state index is 12.6. The van der Waals surface area contributed by atoms with Crippen LogP contribution in [0.1, 0.15) is 17.3 Å². The summed E-state index contributed by atoms with van der Waals surface area (Å²) in [5.74, 6) is 0.850. The predicted octanol–water partition coefficient (Wildman–Crippen LogP) is 4.88. The number of rotatable bonds is 7. The van der Waals surface area contributed by atoms with Gasteiger partial charge in [-0.1, -0.05) is 47.5 Å². The molecule has 0 aliphatic rings. The zero-order valence-corrected chi connectivity index (χ0v) is 19.5. The Morgan fingerprint density at radius 2 is 1.94 bits per heavy atom. The highest BCUT2D eigenvalue weighted by Gasteiger charge is 2.17. The molecule has 1 atom stereocenters. The largest absolute Gasteiger partial charge is 0.394 e. The fourth-order valence-electron chi connectivity index (χ4n) is 3.25. The molecule has 0 saturated heterocycles. The van der Waals surface area contributed by atoms with Crippen LogP contribution in [0.25, 0.3) is 5.82 Å². The summed E-state index contributed by atoms with van der Waals surface area (Å²) >= 11 is 12.2. The number of amides is 2. The number of hydrogen-bond donors (Lipinski definition) is 4. The summed E-state index contributed by atoms with van der Waals surface area (Å²) in [6.07, 6.45) is 3.12. The Morgan fingerprint density at radius 3 is 2.71 bits per heavy atom. The Bertz CT molecular complexity index is 1310. The Balaban J connectivity index is 1.47. The SMILES string of the molecule is Cc1c(NC(=O)NC(CO)c2cccc(Cl)c2)cnn1-c1ccnc(Nc2ccccc2Cl)n1. The highest BCUT2D eigenvalue weighted by atomic mass is 35.5. The second kappa shape index (κ2) is 10.5.